The summed E-state index contributed by atoms with van der Waals surface area (Å²) >= 11 is 0. The lowest BCUT2D eigenvalue weighted by Gasteiger charge is -2.14. The van der Waals surface area contributed by atoms with Crippen LogP contribution in [0.25, 0.3) is 0 Å². The molecule has 18 heavy (non-hydrogen) atoms. The van der Waals surface area contributed by atoms with Gasteiger partial charge in [0.15, 0.2) is 5.82 Å². The molecule has 0 aliphatic carbocycles. The molecule has 1 aromatic heterocycles. The van der Waals surface area contributed by atoms with Gasteiger partial charge in [0.05, 0.1) is 0 Å². The van der Waals surface area contributed by atoms with Gasteiger partial charge in [-0.25, -0.2) is 9.97 Å². The van der Waals surface area contributed by atoms with Gasteiger partial charge in [-0.05, 0) is 26.0 Å². The maximum Gasteiger partial charge on any atom is 0.166 e. The third-order valence-electron chi connectivity index (χ3n) is 2.63. The van der Waals surface area contributed by atoms with Crippen LogP contribution >= 0.6 is 0 Å². The summed E-state index contributed by atoms with van der Waals surface area (Å²) < 4.78 is 5.73. The number of ether oxygens (including phenoxy) is 1. The van der Waals surface area contributed by atoms with E-state index in [9.17, 15) is 0 Å². The molecule has 0 amide bonds. The zero-order valence-electron chi connectivity index (χ0n) is 10.6. The molecule has 1 aromatic carbocycles. The predicted molar refractivity (Wildman–Crippen MR) is 70.1 cm³/mol. The van der Waals surface area contributed by atoms with Gasteiger partial charge < -0.3 is 10.5 Å². The van der Waals surface area contributed by atoms with E-state index in [-0.39, 0.29) is 6.04 Å². The molecule has 0 aliphatic rings. The quantitative estimate of drug-likeness (QED) is 0.895. The number of benzene rings is 1. The van der Waals surface area contributed by atoms with E-state index < -0.39 is 0 Å². The molecule has 0 saturated heterocycles. The van der Waals surface area contributed by atoms with Gasteiger partial charge in [-0.15, -0.1) is 0 Å². The zero-order chi connectivity index (χ0) is 13.0. The van der Waals surface area contributed by atoms with Gasteiger partial charge in [-0.3, -0.25) is 0 Å². The van der Waals surface area contributed by atoms with Crippen molar-refractivity contribution in [2.75, 3.05) is 0 Å². The third-order valence-corrected chi connectivity index (χ3v) is 2.63. The third kappa shape index (κ3) is 3.05. The van der Waals surface area contributed by atoms with Crippen molar-refractivity contribution < 1.29 is 4.74 Å². The lowest BCUT2D eigenvalue weighted by atomic mass is 10.1. The first-order chi connectivity index (χ1) is 8.66. The lowest BCUT2D eigenvalue weighted by Crippen LogP contribution is -2.09. The van der Waals surface area contributed by atoms with Crippen LogP contribution in [0.5, 0.6) is 5.75 Å². The first-order valence-corrected chi connectivity index (χ1v) is 5.91. The molecule has 0 spiro atoms. The molecule has 0 unspecified atom stereocenters. The summed E-state index contributed by atoms with van der Waals surface area (Å²) in [4.78, 5) is 8.24. The molecular weight excluding hydrogens is 226 g/mol. The van der Waals surface area contributed by atoms with Crippen molar-refractivity contribution in [3.63, 3.8) is 0 Å². The van der Waals surface area contributed by atoms with Gasteiger partial charge in [0.2, 0.25) is 0 Å². The van der Waals surface area contributed by atoms with E-state index in [0.717, 1.165) is 11.3 Å². The Morgan fingerprint density at radius 1 is 1.28 bits per heavy atom. The highest BCUT2D eigenvalue weighted by Gasteiger charge is 2.09. The topological polar surface area (TPSA) is 61.0 Å². The highest BCUT2D eigenvalue weighted by Crippen LogP contribution is 2.25. The minimum absolute atomic E-state index is 0.0587. The van der Waals surface area contributed by atoms with Gasteiger partial charge in [-0.1, -0.05) is 17.7 Å². The molecule has 2 rings (SSSR count). The van der Waals surface area contributed by atoms with Crippen LogP contribution in [0, 0.1) is 6.92 Å². The summed E-state index contributed by atoms with van der Waals surface area (Å²) in [5, 5.41) is 0. The summed E-state index contributed by atoms with van der Waals surface area (Å²) in [6.45, 7) is 4.33. The lowest BCUT2D eigenvalue weighted by molar-refractivity contribution is 0.291. The zero-order valence-corrected chi connectivity index (χ0v) is 10.6. The molecule has 2 N–H and O–H groups in total. The Balaban J connectivity index is 2.14. The van der Waals surface area contributed by atoms with E-state index in [4.69, 9.17) is 10.5 Å². The molecule has 1 heterocycles. The Labute approximate surface area is 107 Å². The molecule has 0 fully saturated rings. The van der Waals surface area contributed by atoms with Crippen molar-refractivity contribution in [3.8, 4) is 5.75 Å². The number of hydrogen-bond donors (Lipinski definition) is 1. The van der Waals surface area contributed by atoms with Crippen molar-refractivity contribution in [1.82, 2.24) is 9.97 Å². The van der Waals surface area contributed by atoms with Crippen molar-refractivity contribution in [1.29, 1.82) is 0 Å². The number of aryl methyl sites for hydroxylation is 1. The highest BCUT2D eigenvalue weighted by atomic mass is 16.5. The van der Waals surface area contributed by atoms with E-state index in [1.54, 1.807) is 18.5 Å². The molecule has 4 heteroatoms. The molecule has 2 aromatic rings. The van der Waals surface area contributed by atoms with Crippen LogP contribution in [-0.4, -0.2) is 9.97 Å². The second-order valence-electron chi connectivity index (χ2n) is 4.28. The van der Waals surface area contributed by atoms with E-state index >= 15 is 0 Å². The molecule has 1 atom stereocenters. The minimum Gasteiger partial charge on any atom is -0.485 e. The molecular formula is C14H17N3O. The van der Waals surface area contributed by atoms with Crippen LogP contribution in [0.4, 0.5) is 0 Å². The Hall–Kier alpha value is -1.94. The van der Waals surface area contributed by atoms with E-state index in [1.165, 1.54) is 5.56 Å². The largest absolute Gasteiger partial charge is 0.485 e. The highest BCUT2D eigenvalue weighted by molar-refractivity contribution is 5.38. The first kappa shape index (κ1) is 12.5. The van der Waals surface area contributed by atoms with Gasteiger partial charge in [0, 0.05) is 24.0 Å². The number of nitrogens with two attached hydrogens (primary N) is 1. The van der Waals surface area contributed by atoms with E-state index in [2.05, 4.69) is 9.97 Å². The number of hydrogen-bond acceptors (Lipinski definition) is 4. The molecule has 94 valence electrons. The monoisotopic (exact) mass is 243 g/mol. The van der Waals surface area contributed by atoms with Gasteiger partial charge in [-0.2, -0.15) is 0 Å². The van der Waals surface area contributed by atoms with Crippen molar-refractivity contribution in [2.45, 2.75) is 26.5 Å². The Bertz CT molecular complexity index is 512. The number of nitrogens with zero attached hydrogens (tertiary/aromatic N) is 2. The number of rotatable bonds is 4. The van der Waals surface area contributed by atoms with Crippen molar-refractivity contribution >= 4 is 0 Å². The first-order valence-electron chi connectivity index (χ1n) is 5.91. The maximum atomic E-state index is 5.94. The summed E-state index contributed by atoms with van der Waals surface area (Å²) in [6, 6.07) is 7.72. The molecule has 0 bridgehead atoms. The van der Waals surface area contributed by atoms with Gasteiger partial charge in [0.25, 0.3) is 0 Å². The van der Waals surface area contributed by atoms with Crippen LogP contribution in [0.1, 0.15) is 29.9 Å². The fourth-order valence-corrected chi connectivity index (χ4v) is 1.70. The van der Waals surface area contributed by atoms with Crippen LogP contribution in [0.2, 0.25) is 0 Å². The second kappa shape index (κ2) is 5.60. The normalized spacial score (nSPS) is 12.2. The number of aromatic nitrogens is 2. The fourth-order valence-electron chi connectivity index (χ4n) is 1.70. The second-order valence-corrected chi connectivity index (χ2v) is 4.28. The fraction of sp³-hybridized carbons (Fsp3) is 0.286. The predicted octanol–water partition coefficient (Wildman–Crippen LogP) is 2.38. The average molecular weight is 243 g/mol. The standard InChI is InChI=1S/C14H17N3O/c1-10-4-5-13(12(8-10)11(2)15)18-9-14-16-6-3-7-17-14/h3-8,11H,9,15H2,1-2H3/t11-/m0/s1. The van der Waals surface area contributed by atoms with Gasteiger partial charge in [0.1, 0.15) is 12.4 Å². The summed E-state index contributed by atoms with van der Waals surface area (Å²) in [6.07, 6.45) is 3.40. The smallest absolute Gasteiger partial charge is 0.166 e. The summed E-state index contributed by atoms with van der Waals surface area (Å²) in [7, 11) is 0. The average Bonchev–Trinajstić information content (AvgIpc) is 2.38. The van der Waals surface area contributed by atoms with Crippen LogP contribution in [0.15, 0.2) is 36.7 Å². The molecule has 0 radical (unpaired) electrons. The van der Waals surface area contributed by atoms with Crippen LogP contribution in [-0.2, 0) is 6.61 Å². The summed E-state index contributed by atoms with van der Waals surface area (Å²) in [5.74, 6) is 1.46. The van der Waals surface area contributed by atoms with Gasteiger partial charge >= 0.3 is 0 Å². The molecule has 0 saturated carbocycles. The minimum atomic E-state index is -0.0587. The Kier molecular flexibility index (Phi) is 3.89. The Morgan fingerprint density at radius 3 is 2.67 bits per heavy atom. The Morgan fingerprint density at radius 2 is 2.00 bits per heavy atom. The molecule has 4 nitrogen and oxygen atoms in total. The SMILES string of the molecule is Cc1ccc(OCc2ncccn2)c([C@H](C)N)c1. The van der Waals surface area contributed by atoms with Crippen molar-refractivity contribution in [3.05, 3.63) is 53.6 Å². The van der Waals surface area contributed by atoms with Crippen LogP contribution < -0.4 is 10.5 Å². The van der Waals surface area contributed by atoms with Crippen molar-refractivity contribution in [2.24, 2.45) is 5.73 Å². The molecule has 0 aliphatic heterocycles. The maximum absolute atomic E-state index is 5.94. The van der Waals surface area contributed by atoms with Crippen LogP contribution in [0.3, 0.4) is 0 Å². The van der Waals surface area contributed by atoms with E-state index in [1.807, 2.05) is 32.0 Å². The van der Waals surface area contributed by atoms with E-state index in [0.29, 0.717) is 12.4 Å². The summed E-state index contributed by atoms with van der Waals surface area (Å²) in [5.41, 5.74) is 8.12.